The molecular weight excluding hydrogens is 354 g/mol. The van der Waals surface area contributed by atoms with E-state index in [1.54, 1.807) is 11.0 Å². The maximum absolute atomic E-state index is 12.9. The monoisotopic (exact) mass is 383 g/mol. The molecule has 1 N–H and O–H groups in total. The van der Waals surface area contributed by atoms with Gasteiger partial charge < -0.3 is 15.1 Å². The molecule has 2 aliphatic heterocycles. The van der Waals surface area contributed by atoms with E-state index >= 15 is 0 Å². The van der Waals surface area contributed by atoms with Gasteiger partial charge in [0.1, 0.15) is 11.7 Å². The lowest BCUT2D eigenvalue weighted by Crippen LogP contribution is -2.47. The van der Waals surface area contributed by atoms with Gasteiger partial charge in [-0.3, -0.25) is 14.3 Å². The van der Waals surface area contributed by atoms with Gasteiger partial charge in [-0.05, 0) is 52.1 Å². The first-order valence-corrected chi connectivity index (χ1v) is 9.51. The van der Waals surface area contributed by atoms with Crippen molar-refractivity contribution in [2.24, 2.45) is 0 Å². The largest absolute Gasteiger partial charge is 0.341 e. The fourth-order valence-electron chi connectivity index (χ4n) is 3.87. The van der Waals surface area contributed by atoms with Crippen LogP contribution < -0.4 is 5.32 Å². The number of likely N-dealkylation sites (tertiary alicyclic amines) is 1. The maximum atomic E-state index is 12.9. The van der Waals surface area contributed by atoms with Crippen molar-refractivity contribution in [3.8, 4) is 0 Å². The Bertz CT molecular complexity index is 610. The first-order valence-electron chi connectivity index (χ1n) is 9.51. The highest BCUT2D eigenvalue weighted by Gasteiger charge is 2.37. The van der Waals surface area contributed by atoms with Gasteiger partial charge in [0.15, 0.2) is 0 Å². The van der Waals surface area contributed by atoms with Crippen LogP contribution in [0.2, 0.25) is 0 Å². The van der Waals surface area contributed by atoms with Gasteiger partial charge in [-0.2, -0.15) is 5.10 Å². The quantitative estimate of drug-likeness (QED) is 0.840. The molecule has 2 atom stereocenters. The number of nitrogens with one attached hydrogen (secondary N) is 1. The van der Waals surface area contributed by atoms with Crippen LogP contribution in [0.4, 0.5) is 0 Å². The first kappa shape index (κ1) is 20.7. The van der Waals surface area contributed by atoms with Gasteiger partial charge in [0.25, 0.3) is 5.91 Å². The number of likely N-dealkylation sites (N-methyl/N-ethyl adjacent to an activating group) is 1. The van der Waals surface area contributed by atoms with E-state index in [4.69, 9.17) is 0 Å². The number of amides is 2. The summed E-state index contributed by atoms with van der Waals surface area (Å²) in [7, 11) is 0. The second-order valence-corrected chi connectivity index (χ2v) is 6.85. The van der Waals surface area contributed by atoms with Crippen LogP contribution in [0.15, 0.2) is 12.3 Å². The minimum Gasteiger partial charge on any atom is -0.341 e. The molecule has 2 unspecified atom stereocenters. The Morgan fingerprint density at radius 2 is 2.04 bits per heavy atom. The number of carbonyl (C=O) groups excluding carboxylic acids is 2. The number of piperidine rings is 1. The molecule has 0 aliphatic carbocycles. The highest BCUT2D eigenvalue weighted by molar-refractivity contribution is 5.96. The van der Waals surface area contributed by atoms with Crippen LogP contribution in [0, 0.1) is 0 Å². The molecule has 0 aromatic carbocycles. The van der Waals surface area contributed by atoms with Gasteiger partial charge in [0.2, 0.25) is 5.91 Å². The standard InChI is InChI=1S/C18H29N5O2.ClH/c1-3-21(4-2)18(25)16-8-6-11-22(16)17(24)15-9-12-23(20-15)14-7-5-10-19-13-14;/h9,12,14,16,19H,3-8,10-11,13H2,1-2H3;1H. The zero-order valence-electron chi connectivity index (χ0n) is 15.7. The molecule has 3 heterocycles. The summed E-state index contributed by atoms with van der Waals surface area (Å²) in [6, 6.07) is 1.75. The SMILES string of the molecule is CCN(CC)C(=O)C1CCCN1C(=O)c1ccn(C2CCCNC2)n1.Cl. The predicted octanol–water partition coefficient (Wildman–Crippen LogP) is 1.70. The van der Waals surface area contributed by atoms with Crippen LogP contribution in [0.1, 0.15) is 56.1 Å². The maximum Gasteiger partial charge on any atom is 0.275 e. The molecular formula is C18H30ClN5O2. The fourth-order valence-corrected chi connectivity index (χ4v) is 3.87. The van der Waals surface area contributed by atoms with Crippen LogP contribution >= 0.6 is 12.4 Å². The summed E-state index contributed by atoms with van der Waals surface area (Å²) in [5, 5.41) is 7.89. The molecule has 0 spiro atoms. The number of hydrogen-bond donors (Lipinski definition) is 1. The lowest BCUT2D eigenvalue weighted by Gasteiger charge is -2.28. The molecule has 3 rings (SSSR count). The zero-order chi connectivity index (χ0) is 17.8. The number of rotatable bonds is 5. The summed E-state index contributed by atoms with van der Waals surface area (Å²) >= 11 is 0. The molecule has 146 valence electrons. The van der Waals surface area contributed by atoms with E-state index in [1.807, 2.05) is 29.6 Å². The molecule has 0 bridgehead atoms. The van der Waals surface area contributed by atoms with Crippen molar-refractivity contribution in [2.45, 2.75) is 51.6 Å². The molecule has 8 heteroatoms. The Kier molecular flexibility index (Phi) is 7.46. The Morgan fingerprint density at radius 3 is 2.69 bits per heavy atom. The number of halogens is 1. The average Bonchev–Trinajstić information content (AvgIpc) is 3.32. The number of hydrogen-bond acceptors (Lipinski definition) is 4. The molecule has 2 fully saturated rings. The number of aromatic nitrogens is 2. The third kappa shape index (κ3) is 4.20. The van der Waals surface area contributed by atoms with Gasteiger partial charge in [-0.1, -0.05) is 0 Å². The van der Waals surface area contributed by atoms with Crippen molar-refractivity contribution < 1.29 is 9.59 Å². The van der Waals surface area contributed by atoms with Gasteiger partial charge in [-0.25, -0.2) is 0 Å². The van der Waals surface area contributed by atoms with Crippen molar-refractivity contribution in [3.63, 3.8) is 0 Å². The highest BCUT2D eigenvalue weighted by Crippen LogP contribution is 2.22. The Morgan fingerprint density at radius 1 is 1.27 bits per heavy atom. The van der Waals surface area contributed by atoms with Gasteiger partial charge in [-0.15, -0.1) is 12.4 Å². The minimum absolute atomic E-state index is 0. The molecule has 0 saturated carbocycles. The summed E-state index contributed by atoms with van der Waals surface area (Å²) in [6.45, 7) is 7.88. The van der Waals surface area contributed by atoms with E-state index in [1.165, 1.54) is 0 Å². The lowest BCUT2D eigenvalue weighted by atomic mass is 10.1. The smallest absolute Gasteiger partial charge is 0.275 e. The zero-order valence-corrected chi connectivity index (χ0v) is 16.5. The van der Waals surface area contributed by atoms with Crippen molar-refractivity contribution in [1.29, 1.82) is 0 Å². The molecule has 0 radical (unpaired) electrons. The topological polar surface area (TPSA) is 70.5 Å². The molecule has 2 amide bonds. The fraction of sp³-hybridized carbons (Fsp3) is 0.722. The van der Waals surface area contributed by atoms with E-state index in [-0.39, 0.29) is 30.3 Å². The van der Waals surface area contributed by atoms with E-state index in [9.17, 15) is 9.59 Å². The second kappa shape index (κ2) is 9.37. The summed E-state index contributed by atoms with van der Waals surface area (Å²) in [4.78, 5) is 29.1. The Hall–Kier alpha value is -1.60. The van der Waals surface area contributed by atoms with Crippen molar-refractivity contribution in [3.05, 3.63) is 18.0 Å². The number of carbonyl (C=O) groups is 2. The van der Waals surface area contributed by atoms with E-state index in [0.717, 1.165) is 38.8 Å². The van der Waals surface area contributed by atoms with E-state index in [0.29, 0.717) is 31.4 Å². The van der Waals surface area contributed by atoms with Gasteiger partial charge in [0, 0.05) is 32.4 Å². The first-order chi connectivity index (χ1) is 12.2. The lowest BCUT2D eigenvalue weighted by molar-refractivity contribution is -0.134. The van der Waals surface area contributed by atoms with Crippen LogP contribution in [0.5, 0.6) is 0 Å². The minimum atomic E-state index is -0.339. The van der Waals surface area contributed by atoms with Crippen molar-refractivity contribution in [2.75, 3.05) is 32.7 Å². The van der Waals surface area contributed by atoms with Crippen molar-refractivity contribution in [1.82, 2.24) is 24.9 Å². The van der Waals surface area contributed by atoms with Crippen LogP contribution in [0.3, 0.4) is 0 Å². The van der Waals surface area contributed by atoms with Gasteiger partial charge >= 0.3 is 0 Å². The molecule has 2 aliphatic rings. The third-order valence-corrected chi connectivity index (χ3v) is 5.35. The highest BCUT2D eigenvalue weighted by atomic mass is 35.5. The molecule has 1 aromatic heterocycles. The van der Waals surface area contributed by atoms with Crippen LogP contribution in [-0.2, 0) is 4.79 Å². The molecule has 1 aromatic rings. The Balaban J connectivity index is 0.00000243. The van der Waals surface area contributed by atoms with E-state index < -0.39 is 0 Å². The number of nitrogens with zero attached hydrogens (tertiary/aromatic N) is 4. The summed E-state index contributed by atoms with van der Waals surface area (Å²) in [5.41, 5.74) is 0.449. The third-order valence-electron chi connectivity index (χ3n) is 5.35. The van der Waals surface area contributed by atoms with Gasteiger partial charge in [0.05, 0.1) is 6.04 Å². The van der Waals surface area contributed by atoms with Crippen molar-refractivity contribution >= 4 is 24.2 Å². The van der Waals surface area contributed by atoms with Crippen LogP contribution in [-0.4, -0.2) is 70.2 Å². The predicted molar refractivity (Wildman–Crippen MR) is 103 cm³/mol. The summed E-state index contributed by atoms with van der Waals surface area (Å²) < 4.78 is 1.90. The second-order valence-electron chi connectivity index (χ2n) is 6.85. The Labute approximate surface area is 161 Å². The molecule has 7 nitrogen and oxygen atoms in total. The van der Waals surface area contributed by atoms with E-state index in [2.05, 4.69) is 10.4 Å². The summed E-state index contributed by atoms with van der Waals surface area (Å²) in [5.74, 6) is -0.0581. The van der Waals surface area contributed by atoms with Crippen LogP contribution in [0.25, 0.3) is 0 Å². The molecule has 2 saturated heterocycles. The average molecular weight is 384 g/mol. The summed E-state index contributed by atoms with van der Waals surface area (Å²) in [6.07, 6.45) is 5.71. The normalized spacial score (nSPS) is 22.8. The molecule has 26 heavy (non-hydrogen) atoms.